The lowest BCUT2D eigenvalue weighted by atomic mass is 9.85. The molecule has 6 heteroatoms. The van der Waals surface area contributed by atoms with Gasteiger partial charge in [0, 0.05) is 38.8 Å². The fraction of sp³-hybridized carbons (Fsp3) is 0.400. The van der Waals surface area contributed by atoms with Gasteiger partial charge in [0.15, 0.2) is 0 Å². The molecule has 1 aromatic carbocycles. The highest BCUT2D eigenvalue weighted by atomic mass is 16.3. The molecule has 2 aliphatic heterocycles. The smallest absolute Gasteiger partial charge is 0.327 e. The Morgan fingerprint density at radius 3 is 2.38 bits per heavy atom. The minimum atomic E-state index is -0.714. The molecule has 2 aliphatic rings. The van der Waals surface area contributed by atoms with Gasteiger partial charge >= 0.3 is 6.03 Å². The Hall–Kier alpha value is -2.60. The van der Waals surface area contributed by atoms with Crippen LogP contribution >= 0.6 is 0 Å². The number of carbonyl (C=O) groups excluding carboxylic acids is 2. The standard InChI is InChI=1S/C20H23N3O3/c1-21-18(24)20(23(19(21)25)14-16-5-3-2-4-6-16)8-10-22(11-9-20)13-17-7-12-26-15-17/h2-7,12,15H,8-11,13-14H2,1H3. The Balaban J connectivity index is 1.52. The van der Waals surface area contributed by atoms with Crippen LogP contribution in [0.3, 0.4) is 0 Å². The molecular formula is C20H23N3O3. The van der Waals surface area contributed by atoms with Crippen molar-refractivity contribution in [2.45, 2.75) is 31.5 Å². The van der Waals surface area contributed by atoms with E-state index in [4.69, 9.17) is 4.42 Å². The summed E-state index contributed by atoms with van der Waals surface area (Å²) in [6, 6.07) is 11.6. The van der Waals surface area contributed by atoms with E-state index in [9.17, 15) is 9.59 Å². The van der Waals surface area contributed by atoms with Crippen LogP contribution in [-0.4, -0.2) is 52.3 Å². The SMILES string of the molecule is CN1C(=O)N(Cc2ccccc2)C2(CCN(Cc3ccoc3)CC2)C1=O. The Labute approximate surface area is 153 Å². The number of rotatable bonds is 4. The van der Waals surface area contributed by atoms with Crippen molar-refractivity contribution >= 4 is 11.9 Å². The number of likely N-dealkylation sites (N-methyl/N-ethyl adjacent to an activating group) is 1. The van der Waals surface area contributed by atoms with Gasteiger partial charge in [0.25, 0.3) is 5.91 Å². The van der Waals surface area contributed by atoms with E-state index in [-0.39, 0.29) is 11.9 Å². The lowest BCUT2D eigenvalue weighted by Gasteiger charge is -2.42. The van der Waals surface area contributed by atoms with Crippen molar-refractivity contribution < 1.29 is 14.0 Å². The number of amides is 3. The molecule has 0 bridgehead atoms. The van der Waals surface area contributed by atoms with Crippen LogP contribution in [0.5, 0.6) is 0 Å². The number of furan rings is 1. The van der Waals surface area contributed by atoms with Gasteiger partial charge in [-0.05, 0) is 24.5 Å². The van der Waals surface area contributed by atoms with Gasteiger partial charge in [0.1, 0.15) is 5.54 Å². The summed E-state index contributed by atoms with van der Waals surface area (Å²) in [5.74, 6) is -0.0682. The summed E-state index contributed by atoms with van der Waals surface area (Å²) in [6.45, 7) is 2.84. The van der Waals surface area contributed by atoms with E-state index in [0.717, 1.165) is 30.8 Å². The number of nitrogens with zero attached hydrogens (tertiary/aromatic N) is 3. The molecule has 4 rings (SSSR count). The number of hydrogen-bond donors (Lipinski definition) is 0. The van der Waals surface area contributed by atoms with Crippen molar-refractivity contribution in [3.63, 3.8) is 0 Å². The molecule has 6 nitrogen and oxygen atoms in total. The Morgan fingerprint density at radius 2 is 1.73 bits per heavy atom. The molecule has 1 spiro atoms. The number of imide groups is 1. The first-order valence-electron chi connectivity index (χ1n) is 8.97. The van der Waals surface area contributed by atoms with Crippen LogP contribution in [0, 0.1) is 0 Å². The molecule has 2 aromatic rings. The van der Waals surface area contributed by atoms with E-state index >= 15 is 0 Å². The van der Waals surface area contributed by atoms with Gasteiger partial charge in [-0.15, -0.1) is 0 Å². The van der Waals surface area contributed by atoms with Gasteiger partial charge in [0.2, 0.25) is 0 Å². The van der Waals surface area contributed by atoms with Gasteiger partial charge in [-0.2, -0.15) is 0 Å². The number of urea groups is 1. The second-order valence-electron chi connectivity index (χ2n) is 7.16. The second kappa shape index (κ2) is 6.61. The minimum absolute atomic E-state index is 0.0682. The maximum Gasteiger partial charge on any atom is 0.327 e. The molecule has 0 N–H and O–H groups in total. The van der Waals surface area contributed by atoms with Crippen molar-refractivity contribution in [3.05, 3.63) is 60.1 Å². The molecule has 26 heavy (non-hydrogen) atoms. The average molecular weight is 353 g/mol. The summed E-state index contributed by atoms with van der Waals surface area (Å²) in [5, 5.41) is 0. The monoisotopic (exact) mass is 353 g/mol. The predicted octanol–water partition coefficient (Wildman–Crippen LogP) is 2.71. The van der Waals surface area contributed by atoms with Gasteiger partial charge in [0.05, 0.1) is 12.5 Å². The topological polar surface area (TPSA) is 57.0 Å². The maximum atomic E-state index is 12.9. The molecule has 3 heterocycles. The zero-order valence-electron chi connectivity index (χ0n) is 14.9. The molecule has 136 valence electrons. The van der Waals surface area contributed by atoms with Crippen molar-refractivity contribution in [2.75, 3.05) is 20.1 Å². The van der Waals surface area contributed by atoms with Crippen molar-refractivity contribution in [1.82, 2.24) is 14.7 Å². The van der Waals surface area contributed by atoms with Crippen molar-refractivity contribution in [2.24, 2.45) is 0 Å². The number of hydrogen-bond acceptors (Lipinski definition) is 4. The van der Waals surface area contributed by atoms with Gasteiger partial charge in [-0.25, -0.2) is 4.79 Å². The lowest BCUT2D eigenvalue weighted by molar-refractivity contribution is -0.135. The maximum absolute atomic E-state index is 12.9. The lowest BCUT2D eigenvalue weighted by Crippen LogP contribution is -2.56. The van der Waals surface area contributed by atoms with Crippen molar-refractivity contribution in [1.29, 1.82) is 0 Å². The number of likely N-dealkylation sites (tertiary alicyclic amines) is 1. The molecule has 2 fully saturated rings. The summed E-state index contributed by atoms with van der Waals surface area (Å²) >= 11 is 0. The Bertz CT molecular complexity index is 780. The van der Waals surface area contributed by atoms with Gasteiger partial charge < -0.3 is 9.32 Å². The summed E-state index contributed by atoms with van der Waals surface area (Å²) in [6.07, 6.45) is 4.75. The first kappa shape index (κ1) is 16.8. The zero-order chi connectivity index (χ0) is 18.1. The molecule has 3 amide bonds. The number of carbonyl (C=O) groups is 2. The van der Waals surface area contributed by atoms with E-state index in [1.165, 1.54) is 4.90 Å². The van der Waals surface area contributed by atoms with E-state index < -0.39 is 5.54 Å². The molecule has 0 atom stereocenters. The Kier molecular flexibility index (Phi) is 4.28. The first-order valence-corrected chi connectivity index (χ1v) is 8.97. The number of piperidine rings is 1. The Morgan fingerprint density at radius 1 is 1.00 bits per heavy atom. The predicted molar refractivity (Wildman–Crippen MR) is 96.1 cm³/mol. The van der Waals surface area contributed by atoms with Crippen LogP contribution in [0.15, 0.2) is 53.3 Å². The highest BCUT2D eigenvalue weighted by molar-refractivity contribution is 6.06. The summed E-state index contributed by atoms with van der Waals surface area (Å²) in [5.41, 5.74) is 1.46. The molecular weight excluding hydrogens is 330 g/mol. The molecule has 0 aliphatic carbocycles. The zero-order valence-corrected chi connectivity index (χ0v) is 14.9. The second-order valence-corrected chi connectivity index (χ2v) is 7.16. The van der Waals surface area contributed by atoms with E-state index in [1.54, 1.807) is 24.5 Å². The quantitative estimate of drug-likeness (QED) is 0.793. The molecule has 1 aromatic heterocycles. The third-order valence-corrected chi connectivity index (χ3v) is 5.59. The van der Waals surface area contributed by atoms with Crippen LogP contribution in [0.25, 0.3) is 0 Å². The van der Waals surface area contributed by atoms with E-state index in [0.29, 0.717) is 19.4 Å². The van der Waals surface area contributed by atoms with Crippen LogP contribution in [0.2, 0.25) is 0 Å². The van der Waals surface area contributed by atoms with E-state index in [1.807, 2.05) is 36.4 Å². The summed E-state index contributed by atoms with van der Waals surface area (Å²) < 4.78 is 5.14. The number of benzene rings is 1. The van der Waals surface area contributed by atoms with Crippen LogP contribution in [-0.2, 0) is 17.9 Å². The van der Waals surface area contributed by atoms with Gasteiger partial charge in [-0.3, -0.25) is 14.6 Å². The molecule has 2 saturated heterocycles. The largest absolute Gasteiger partial charge is 0.472 e. The third-order valence-electron chi connectivity index (χ3n) is 5.59. The van der Waals surface area contributed by atoms with Crippen LogP contribution in [0.4, 0.5) is 4.79 Å². The molecule has 0 radical (unpaired) electrons. The first-order chi connectivity index (χ1) is 12.6. The summed E-state index contributed by atoms with van der Waals surface area (Å²) in [4.78, 5) is 31.1. The minimum Gasteiger partial charge on any atom is -0.472 e. The third kappa shape index (κ3) is 2.80. The van der Waals surface area contributed by atoms with Crippen molar-refractivity contribution in [3.8, 4) is 0 Å². The van der Waals surface area contributed by atoms with Crippen LogP contribution < -0.4 is 0 Å². The fourth-order valence-electron chi connectivity index (χ4n) is 4.07. The van der Waals surface area contributed by atoms with Crippen LogP contribution in [0.1, 0.15) is 24.0 Å². The summed E-state index contributed by atoms with van der Waals surface area (Å²) in [7, 11) is 1.59. The molecule has 0 saturated carbocycles. The average Bonchev–Trinajstić information content (AvgIpc) is 3.24. The highest BCUT2D eigenvalue weighted by Crippen LogP contribution is 2.38. The van der Waals surface area contributed by atoms with E-state index in [2.05, 4.69) is 4.90 Å². The molecule has 0 unspecified atom stereocenters. The highest BCUT2D eigenvalue weighted by Gasteiger charge is 2.56. The van der Waals surface area contributed by atoms with Gasteiger partial charge in [-0.1, -0.05) is 30.3 Å². The normalized spacial score (nSPS) is 20.3. The fourth-order valence-corrected chi connectivity index (χ4v) is 4.07.